The van der Waals surface area contributed by atoms with Crippen molar-refractivity contribution in [3.63, 3.8) is 0 Å². The Hall–Kier alpha value is -0.910. The number of halogens is 1. The van der Waals surface area contributed by atoms with Crippen LogP contribution >= 0.6 is 22.9 Å². The molecule has 0 aliphatic heterocycles. The lowest BCUT2D eigenvalue weighted by molar-refractivity contribution is 0.583. The van der Waals surface area contributed by atoms with Crippen LogP contribution in [0.1, 0.15) is 17.8 Å². The third-order valence-corrected chi connectivity index (χ3v) is 3.80. The Kier molecular flexibility index (Phi) is 3.13. The van der Waals surface area contributed by atoms with Crippen molar-refractivity contribution in [1.82, 2.24) is 15.5 Å². The summed E-state index contributed by atoms with van der Waals surface area (Å²) in [6, 6.07) is 4.27. The van der Waals surface area contributed by atoms with Gasteiger partial charge in [0.25, 0.3) is 0 Å². The molecule has 17 heavy (non-hydrogen) atoms. The molecule has 0 amide bonds. The summed E-state index contributed by atoms with van der Waals surface area (Å²) in [5, 5.41) is 13.9. The number of rotatable bonds is 5. The smallest absolute Gasteiger partial charge is 0.194 e. The molecule has 6 heteroatoms. The molecule has 1 N–H and O–H groups in total. The number of nitrogens with one attached hydrogen (secondary N) is 1. The van der Waals surface area contributed by atoms with Gasteiger partial charge < -0.3 is 9.73 Å². The van der Waals surface area contributed by atoms with Crippen molar-refractivity contribution < 1.29 is 4.42 Å². The van der Waals surface area contributed by atoms with E-state index in [0.717, 1.165) is 29.0 Å². The molecule has 1 aliphatic carbocycles. The van der Waals surface area contributed by atoms with Gasteiger partial charge in [0.2, 0.25) is 0 Å². The Labute approximate surface area is 108 Å². The van der Waals surface area contributed by atoms with Crippen LogP contribution in [-0.4, -0.2) is 22.8 Å². The zero-order valence-electron chi connectivity index (χ0n) is 9.15. The Balaban J connectivity index is 1.61. The average molecular weight is 270 g/mol. The van der Waals surface area contributed by atoms with Gasteiger partial charge in [-0.05, 0) is 36.6 Å². The molecular weight excluding hydrogens is 258 g/mol. The van der Waals surface area contributed by atoms with Gasteiger partial charge >= 0.3 is 0 Å². The van der Waals surface area contributed by atoms with Gasteiger partial charge in [0.1, 0.15) is 5.01 Å². The van der Waals surface area contributed by atoms with E-state index in [2.05, 4.69) is 15.5 Å². The summed E-state index contributed by atoms with van der Waals surface area (Å²) in [4.78, 5) is 0. The van der Waals surface area contributed by atoms with Crippen molar-refractivity contribution in [1.29, 1.82) is 0 Å². The molecule has 2 aromatic rings. The molecule has 0 bridgehead atoms. The van der Waals surface area contributed by atoms with Gasteiger partial charge in [-0.1, -0.05) is 11.3 Å². The zero-order chi connectivity index (χ0) is 11.7. The van der Waals surface area contributed by atoms with E-state index in [9.17, 15) is 0 Å². The zero-order valence-corrected chi connectivity index (χ0v) is 10.7. The Morgan fingerprint density at radius 2 is 2.29 bits per heavy atom. The quantitative estimate of drug-likeness (QED) is 0.907. The summed E-state index contributed by atoms with van der Waals surface area (Å²) >= 11 is 7.28. The topological polar surface area (TPSA) is 51.0 Å². The molecule has 4 nitrogen and oxygen atoms in total. The summed E-state index contributed by atoms with van der Waals surface area (Å²) in [5.74, 6) is 0.689. The maximum atomic E-state index is 5.72. The second-order valence-electron chi connectivity index (χ2n) is 4.08. The fourth-order valence-corrected chi connectivity index (χ4v) is 2.50. The first-order valence-electron chi connectivity index (χ1n) is 5.63. The molecule has 2 heterocycles. The molecule has 0 radical (unpaired) electrons. The summed E-state index contributed by atoms with van der Waals surface area (Å²) in [6.45, 7) is 0.970. The van der Waals surface area contributed by atoms with E-state index in [4.69, 9.17) is 16.0 Å². The molecule has 0 saturated heterocycles. The molecule has 90 valence electrons. The third kappa shape index (κ3) is 2.86. The fraction of sp³-hybridized carbons (Fsp3) is 0.455. The van der Waals surface area contributed by atoms with Gasteiger partial charge in [0, 0.05) is 19.0 Å². The van der Waals surface area contributed by atoms with Crippen molar-refractivity contribution in [3.8, 4) is 10.8 Å². The maximum absolute atomic E-state index is 5.72. The highest BCUT2D eigenvalue weighted by Crippen LogP contribution is 2.27. The van der Waals surface area contributed by atoms with Crippen LogP contribution in [0.25, 0.3) is 10.8 Å². The Morgan fingerprint density at radius 1 is 1.41 bits per heavy atom. The highest BCUT2D eigenvalue weighted by molar-refractivity contribution is 7.14. The lowest BCUT2D eigenvalue weighted by atomic mass is 10.4. The highest BCUT2D eigenvalue weighted by atomic mass is 35.5. The fourth-order valence-electron chi connectivity index (χ4n) is 1.55. The number of furan rings is 1. The van der Waals surface area contributed by atoms with Crippen LogP contribution in [-0.2, 0) is 6.42 Å². The number of aromatic nitrogens is 2. The van der Waals surface area contributed by atoms with Crippen LogP contribution in [0.15, 0.2) is 16.5 Å². The summed E-state index contributed by atoms with van der Waals surface area (Å²) in [7, 11) is 0. The first-order valence-corrected chi connectivity index (χ1v) is 6.82. The van der Waals surface area contributed by atoms with Gasteiger partial charge in [-0.2, -0.15) is 0 Å². The molecule has 1 aliphatic rings. The van der Waals surface area contributed by atoms with Crippen LogP contribution in [0.5, 0.6) is 0 Å². The van der Waals surface area contributed by atoms with Gasteiger partial charge in [0.05, 0.1) is 0 Å². The molecule has 3 rings (SSSR count). The van der Waals surface area contributed by atoms with Gasteiger partial charge in [-0.25, -0.2) is 0 Å². The first-order chi connectivity index (χ1) is 8.31. The van der Waals surface area contributed by atoms with E-state index >= 15 is 0 Å². The second kappa shape index (κ2) is 4.76. The number of nitrogens with zero attached hydrogens (tertiary/aromatic N) is 2. The molecule has 0 unspecified atom stereocenters. The summed E-state index contributed by atoms with van der Waals surface area (Å²) < 4.78 is 5.29. The van der Waals surface area contributed by atoms with Crippen LogP contribution in [0.2, 0.25) is 5.22 Å². The van der Waals surface area contributed by atoms with Gasteiger partial charge in [-0.3, -0.25) is 0 Å². The summed E-state index contributed by atoms with van der Waals surface area (Å²) in [6.07, 6.45) is 3.54. The van der Waals surface area contributed by atoms with Gasteiger partial charge in [-0.15, -0.1) is 10.2 Å². The molecule has 0 aromatic carbocycles. The van der Waals surface area contributed by atoms with Crippen LogP contribution in [0.3, 0.4) is 0 Å². The van der Waals surface area contributed by atoms with Crippen LogP contribution in [0, 0.1) is 0 Å². The van der Waals surface area contributed by atoms with Crippen molar-refractivity contribution in [3.05, 3.63) is 22.4 Å². The van der Waals surface area contributed by atoms with E-state index in [-0.39, 0.29) is 0 Å². The lowest BCUT2D eigenvalue weighted by Crippen LogP contribution is -2.19. The van der Waals surface area contributed by atoms with E-state index in [1.54, 1.807) is 17.4 Å². The van der Waals surface area contributed by atoms with Crippen molar-refractivity contribution in [2.24, 2.45) is 0 Å². The third-order valence-electron chi connectivity index (χ3n) is 2.60. The molecular formula is C11H12ClN3OS. The van der Waals surface area contributed by atoms with Crippen molar-refractivity contribution in [2.75, 3.05) is 6.54 Å². The van der Waals surface area contributed by atoms with E-state index < -0.39 is 0 Å². The van der Waals surface area contributed by atoms with Gasteiger partial charge in [0.15, 0.2) is 16.0 Å². The first kappa shape index (κ1) is 11.2. The predicted octanol–water partition coefficient (Wildman–Crippen LogP) is 2.75. The molecule has 1 saturated carbocycles. The van der Waals surface area contributed by atoms with E-state index in [1.807, 2.05) is 6.07 Å². The minimum atomic E-state index is 0.382. The van der Waals surface area contributed by atoms with E-state index in [1.165, 1.54) is 12.8 Å². The van der Waals surface area contributed by atoms with Crippen molar-refractivity contribution >= 4 is 22.9 Å². The maximum Gasteiger partial charge on any atom is 0.194 e. The molecule has 2 aromatic heterocycles. The molecule has 1 fully saturated rings. The van der Waals surface area contributed by atoms with Crippen LogP contribution < -0.4 is 5.32 Å². The largest absolute Gasteiger partial charge is 0.442 e. The predicted molar refractivity (Wildman–Crippen MR) is 67.3 cm³/mol. The summed E-state index contributed by atoms with van der Waals surface area (Å²) in [5.41, 5.74) is 0. The molecule has 0 atom stereocenters. The average Bonchev–Trinajstić information content (AvgIpc) is 2.85. The lowest BCUT2D eigenvalue weighted by Gasteiger charge is -1.97. The Bertz CT molecular complexity index is 506. The minimum absolute atomic E-state index is 0.382. The Morgan fingerprint density at radius 3 is 3.00 bits per heavy atom. The monoisotopic (exact) mass is 269 g/mol. The van der Waals surface area contributed by atoms with E-state index in [0.29, 0.717) is 11.0 Å². The van der Waals surface area contributed by atoms with Crippen LogP contribution in [0.4, 0.5) is 0 Å². The minimum Gasteiger partial charge on any atom is -0.442 e. The second-order valence-corrected chi connectivity index (χ2v) is 5.52. The number of hydrogen-bond donors (Lipinski definition) is 1. The SMILES string of the molecule is Clc1ccc(-c2nnc(CCNC3CC3)s2)o1. The van der Waals surface area contributed by atoms with Crippen molar-refractivity contribution in [2.45, 2.75) is 25.3 Å². The number of hydrogen-bond acceptors (Lipinski definition) is 5. The normalized spacial score (nSPS) is 15.4. The molecule has 0 spiro atoms. The highest BCUT2D eigenvalue weighted by Gasteiger charge is 2.20. The standard InChI is InChI=1S/C11H12ClN3OS/c12-9-4-3-8(16-9)11-15-14-10(17-11)5-6-13-7-1-2-7/h3-4,7,13H,1-2,5-6H2.